The van der Waals surface area contributed by atoms with E-state index in [2.05, 4.69) is 5.32 Å². The lowest BCUT2D eigenvalue weighted by Gasteiger charge is -2.07. The van der Waals surface area contributed by atoms with Gasteiger partial charge < -0.3 is 15.8 Å². The maximum absolute atomic E-state index is 11.4. The van der Waals surface area contributed by atoms with Gasteiger partial charge in [0.05, 0.1) is 6.61 Å². The Balaban J connectivity index is 2.09. The van der Waals surface area contributed by atoms with Gasteiger partial charge in [0.2, 0.25) is 5.91 Å². The van der Waals surface area contributed by atoms with E-state index in [1.165, 1.54) is 5.56 Å². The number of nitrogens with two attached hydrogens (primary N) is 1. The number of amides is 1. The van der Waals surface area contributed by atoms with Crippen LogP contribution in [0, 0.1) is 6.92 Å². The van der Waals surface area contributed by atoms with Crippen molar-refractivity contribution in [2.75, 3.05) is 19.7 Å². The minimum Gasteiger partial charge on any atom is -0.494 e. The monoisotopic (exact) mass is 250 g/mol. The maximum atomic E-state index is 11.4. The van der Waals surface area contributed by atoms with Crippen LogP contribution in [-0.2, 0) is 4.79 Å². The zero-order valence-electron chi connectivity index (χ0n) is 10.9. The van der Waals surface area contributed by atoms with Gasteiger partial charge in [0.25, 0.3) is 0 Å². The Bertz CT molecular complexity index is 367. The molecule has 0 fully saturated rings. The van der Waals surface area contributed by atoms with E-state index >= 15 is 0 Å². The second-order valence-electron chi connectivity index (χ2n) is 4.26. The van der Waals surface area contributed by atoms with Gasteiger partial charge in [-0.15, -0.1) is 0 Å². The summed E-state index contributed by atoms with van der Waals surface area (Å²) in [5, 5.41) is 2.82. The van der Waals surface area contributed by atoms with Gasteiger partial charge in [-0.05, 0) is 44.0 Å². The van der Waals surface area contributed by atoms with Crippen molar-refractivity contribution in [3.05, 3.63) is 29.8 Å². The summed E-state index contributed by atoms with van der Waals surface area (Å²) < 4.78 is 5.56. The molecular weight excluding hydrogens is 228 g/mol. The molecule has 4 nitrogen and oxygen atoms in total. The fourth-order valence-electron chi connectivity index (χ4n) is 1.55. The zero-order chi connectivity index (χ0) is 13.2. The van der Waals surface area contributed by atoms with Gasteiger partial charge in [0, 0.05) is 13.0 Å². The molecule has 0 spiro atoms. The number of carbonyl (C=O) groups excluding carboxylic acids is 1. The molecule has 4 heteroatoms. The summed E-state index contributed by atoms with van der Waals surface area (Å²) in [6, 6.07) is 7.90. The minimum absolute atomic E-state index is 0.0660. The van der Waals surface area contributed by atoms with E-state index in [4.69, 9.17) is 10.5 Å². The van der Waals surface area contributed by atoms with Crippen LogP contribution < -0.4 is 15.8 Å². The molecule has 0 heterocycles. The van der Waals surface area contributed by atoms with Crippen molar-refractivity contribution >= 4 is 5.91 Å². The van der Waals surface area contributed by atoms with Crippen LogP contribution in [0.5, 0.6) is 5.75 Å². The van der Waals surface area contributed by atoms with E-state index in [-0.39, 0.29) is 5.91 Å². The van der Waals surface area contributed by atoms with Crippen LogP contribution in [-0.4, -0.2) is 25.6 Å². The predicted octanol–water partition coefficient (Wildman–Crippen LogP) is 1.62. The lowest BCUT2D eigenvalue weighted by atomic mass is 10.2. The van der Waals surface area contributed by atoms with Crippen LogP contribution in [0.1, 0.15) is 24.8 Å². The van der Waals surface area contributed by atoms with Gasteiger partial charge in [-0.25, -0.2) is 0 Å². The van der Waals surface area contributed by atoms with Crippen molar-refractivity contribution in [3.63, 3.8) is 0 Å². The van der Waals surface area contributed by atoms with E-state index in [1.54, 1.807) is 0 Å². The molecule has 1 rings (SSSR count). The highest BCUT2D eigenvalue weighted by Gasteiger charge is 2.00. The third-order valence-corrected chi connectivity index (χ3v) is 2.51. The smallest absolute Gasteiger partial charge is 0.220 e. The first-order chi connectivity index (χ1) is 8.72. The second-order valence-corrected chi connectivity index (χ2v) is 4.26. The molecule has 0 unspecified atom stereocenters. The summed E-state index contributed by atoms with van der Waals surface area (Å²) >= 11 is 0. The first-order valence-electron chi connectivity index (χ1n) is 6.38. The quantitative estimate of drug-likeness (QED) is 0.689. The van der Waals surface area contributed by atoms with Crippen LogP contribution in [0.4, 0.5) is 0 Å². The summed E-state index contributed by atoms with van der Waals surface area (Å²) in [4.78, 5) is 11.4. The SMILES string of the molecule is Cc1cccc(OCCCC(=O)NCCCN)c1. The molecule has 1 amide bonds. The third kappa shape index (κ3) is 6.25. The number of nitrogens with one attached hydrogen (secondary N) is 1. The number of rotatable bonds is 8. The minimum atomic E-state index is 0.0660. The third-order valence-electron chi connectivity index (χ3n) is 2.51. The molecule has 0 saturated carbocycles. The van der Waals surface area contributed by atoms with Gasteiger partial charge >= 0.3 is 0 Å². The molecule has 0 bridgehead atoms. The van der Waals surface area contributed by atoms with Crippen molar-refractivity contribution in [2.45, 2.75) is 26.2 Å². The average Bonchev–Trinajstić information content (AvgIpc) is 2.35. The maximum Gasteiger partial charge on any atom is 0.220 e. The summed E-state index contributed by atoms with van der Waals surface area (Å²) in [7, 11) is 0. The van der Waals surface area contributed by atoms with Crippen LogP contribution in [0.25, 0.3) is 0 Å². The van der Waals surface area contributed by atoms with Crippen molar-refractivity contribution in [1.29, 1.82) is 0 Å². The lowest BCUT2D eigenvalue weighted by Crippen LogP contribution is -2.26. The topological polar surface area (TPSA) is 64.3 Å². The van der Waals surface area contributed by atoms with E-state index in [0.29, 0.717) is 26.1 Å². The molecule has 0 saturated heterocycles. The largest absolute Gasteiger partial charge is 0.494 e. The Morgan fingerprint density at radius 3 is 2.94 bits per heavy atom. The van der Waals surface area contributed by atoms with Crippen molar-refractivity contribution in [1.82, 2.24) is 5.32 Å². The second kappa shape index (κ2) is 8.53. The van der Waals surface area contributed by atoms with Gasteiger partial charge in [-0.2, -0.15) is 0 Å². The predicted molar refractivity (Wildman–Crippen MR) is 72.6 cm³/mol. The summed E-state index contributed by atoms with van der Waals surface area (Å²) in [6.07, 6.45) is 2.05. The van der Waals surface area contributed by atoms with Crippen molar-refractivity contribution < 1.29 is 9.53 Å². The Kier molecular flexibility index (Phi) is 6.87. The lowest BCUT2D eigenvalue weighted by molar-refractivity contribution is -0.121. The highest BCUT2D eigenvalue weighted by molar-refractivity contribution is 5.75. The van der Waals surface area contributed by atoms with Crippen LogP contribution in [0.15, 0.2) is 24.3 Å². The molecule has 100 valence electrons. The number of hydrogen-bond donors (Lipinski definition) is 2. The Morgan fingerprint density at radius 2 is 2.22 bits per heavy atom. The fraction of sp³-hybridized carbons (Fsp3) is 0.500. The summed E-state index contributed by atoms with van der Waals surface area (Å²) in [5.74, 6) is 0.926. The van der Waals surface area contributed by atoms with Gasteiger partial charge in [-0.1, -0.05) is 12.1 Å². The standard InChI is InChI=1S/C14H22N2O2/c1-12-5-2-6-13(11-12)18-10-3-7-14(17)16-9-4-8-15/h2,5-6,11H,3-4,7-10,15H2,1H3,(H,16,17). The first kappa shape index (κ1) is 14.5. The van der Waals surface area contributed by atoms with Crippen LogP contribution in [0.3, 0.4) is 0 Å². The highest BCUT2D eigenvalue weighted by Crippen LogP contribution is 2.12. The number of benzene rings is 1. The molecule has 0 aliphatic carbocycles. The Hall–Kier alpha value is -1.55. The van der Waals surface area contributed by atoms with E-state index < -0.39 is 0 Å². The van der Waals surface area contributed by atoms with E-state index in [9.17, 15) is 4.79 Å². The molecule has 1 aromatic rings. The molecular formula is C14H22N2O2. The Morgan fingerprint density at radius 1 is 1.39 bits per heavy atom. The van der Waals surface area contributed by atoms with Gasteiger partial charge in [0.15, 0.2) is 0 Å². The molecule has 0 aromatic heterocycles. The van der Waals surface area contributed by atoms with Crippen LogP contribution in [0.2, 0.25) is 0 Å². The first-order valence-corrected chi connectivity index (χ1v) is 6.38. The molecule has 1 aromatic carbocycles. The van der Waals surface area contributed by atoms with Crippen LogP contribution >= 0.6 is 0 Å². The number of ether oxygens (including phenoxy) is 1. The van der Waals surface area contributed by atoms with Crippen molar-refractivity contribution in [2.24, 2.45) is 5.73 Å². The molecule has 18 heavy (non-hydrogen) atoms. The van der Waals surface area contributed by atoms with Gasteiger partial charge in [0.1, 0.15) is 5.75 Å². The zero-order valence-corrected chi connectivity index (χ0v) is 10.9. The molecule has 3 N–H and O–H groups in total. The number of carbonyl (C=O) groups is 1. The highest BCUT2D eigenvalue weighted by atomic mass is 16.5. The molecule has 0 radical (unpaired) electrons. The number of aryl methyl sites for hydroxylation is 1. The molecule has 0 aliphatic heterocycles. The Labute approximate surface area is 109 Å². The molecule has 0 aliphatic rings. The average molecular weight is 250 g/mol. The summed E-state index contributed by atoms with van der Waals surface area (Å²) in [6.45, 7) is 3.86. The summed E-state index contributed by atoms with van der Waals surface area (Å²) in [5.41, 5.74) is 6.51. The molecule has 0 atom stereocenters. The fourth-order valence-corrected chi connectivity index (χ4v) is 1.55. The normalized spacial score (nSPS) is 10.1. The van der Waals surface area contributed by atoms with E-state index in [0.717, 1.165) is 18.6 Å². The van der Waals surface area contributed by atoms with Gasteiger partial charge in [-0.3, -0.25) is 4.79 Å². The number of hydrogen-bond acceptors (Lipinski definition) is 3. The van der Waals surface area contributed by atoms with Crippen molar-refractivity contribution in [3.8, 4) is 5.75 Å². The van der Waals surface area contributed by atoms with E-state index in [1.807, 2.05) is 31.2 Å².